The lowest BCUT2D eigenvalue weighted by Crippen LogP contribution is -2.36. The number of fused-ring (bicyclic) bond motifs is 1. The van der Waals surface area contributed by atoms with E-state index in [1.54, 1.807) is 6.20 Å². The predicted octanol–water partition coefficient (Wildman–Crippen LogP) is 5.21. The van der Waals surface area contributed by atoms with Crippen LogP contribution in [0.15, 0.2) is 53.6 Å². The van der Waals surface area contributed by atoms with E-state index in [1.165, 1.54) is 19.3 Å². The number of aromatic nitrogens is 6. The molecule has 3 heterocycles. The van der Waals surface area contributed by atoms with Crippen molar-refractivity contribution in [2.45, 2.75) is 78.0 Å². The van der Waals surface area contributed by atoms with Crippen LogP contribution in [0.5, 0.6) is 5.75 Å². The molecular formula is C29H37N7O2. The molecule has 38 heavy (non-hydrogen) atoms. The third kappa shape index (κ3) is 5.78. The van der Waals surface area contributed by atoms with Crippen LogP contribution in [0.4, 0.5) is 0 Å². The molecule has 1 atom stereocenters. The van der Waals surface area contributed by atoms with Crippen LogP contribution in [-0.4, -0.2) is 41.7 Å². The van der Waals surface area contributed by atoms with Crippen molar-refractivity contribution >= 4 is 10.9 Å². The zero-order valence-corrected chi connectivity index (χ0v) is 22.5. The molecule has 9 heteroatoms. The zero-order valence-electron chi connectivity index (χ0n) is 22.5. The van der Waals surface area contributed by atoms with Gasteiger partial charge in [0.05, 0.1) is 18.7 Å². The van der Waals surface area contributed by atoms with Gasteiger partial charge in [-0.05, 0) is 72.0 Å². The highest BCUT2D eigenvalue weighted by Gasteiger charge is 2.32. The molecule has 1 aliphatic rings. The first kappa shape index (κ1) is 26.0. The monoisotopic (exact) mass is 515 g/mol. The predicted molar refractivity (Wildman–Crippen MR) is 147 cm³/mol. The Bertz CT molecular complexity index is 1390. The summed E-state index contributed by atoms with van der Waals surface area (Å²) in [4.78, 5) is 23.0. The Labute approximate surface area is 223 Å². The number of nitrogens with one attached hydrogen (secondary N) is 1. The van der Waals surface area contributed by atoms with E-state index in [1.807, 2.05) is 43.5 Å². The standard InChI is InChI=1S/C29H37N7O2/c1-4-38-25-12-13-26-22(16-25)15-23(29(37)31-26)19-35(18-21-9-8-14-30-17-21)27(20(2)3)28-32-33-34-36(28)24-10-6-5-7-11-24/h8-9,12-17,20,24,27H,4-7,10-11,18-19H2,1-3H3,(H,31,37). The van der Waals surface area contributed by atoms with Crippen LogP contribution in [0.25, 0.3) is 10.9 Å². The van der Waals surface area contributed by atoms with Crippen LogP contribution in [0.2, 0.25) is 0 Å². The molecule has 0 aliphatic heterocycles. The molecule has 0 spiro atoms. The highest BCUT2D eigenvalue weighted by atomic mass is 16.5. The van der Waals surface area contributed by atoms with Gasteiger partial charge in [-0.2, -0.15) is 0 Å². The van der Waals surface area contributed by atoms with E-state index >= 15 is 0 Å². The first-order valence-electron chi connectivity index (χ1n) is 13.7. The number of hydrogen-bond donors (Lipinski definition) is 1. The molecule has 4 aromatic rings. The SMILES string of the molecule is CCOc1ccc2[nH]c(=O)c(CN(Cc3cccnc3)C(c3nnnn3C3CCCCC3)C(C)C)cc2c1. The molecule has 1 N–H and O–H groups in total. The summed E-state index contributed by atoms with van der Waals surface area (Å²) in [5.74, 6) is 1.87. The number of rotatable bonds is 10. The highest BCUT2D eigenvalue weighted by molar-refractivity contribution is 5.80. The maximum atomic E-state index is 13.3. The smallest absolute Gasteiger partial charge is 0.252 e. The fraction of sp³-hybridized carbons (Fsp3) is 0.483. The van der Waals surface area contributed by atoms with Gasteiger partial charge in [0.2, 0.25) is 0 Å². The van der Waals surface area contributed by atoms with Crippen molar-refractivity contribution in [2.75, 3.05) is 6.61 Å². The number of ether oxygens (including phenoxy) is 1. The maximum Gasteiger partial charge on any atom is 0.252 e. The van der Waals surface area contributed by atoms with Crippen LogP contribution in [0.1, 0.15) is 81.9 Å². The number of nitrogens with zero attached hydrogens (tertiary/aromatic N) is 6. The first-order chi connectivity index (χ1) is 18.5. The summed E-state index contributed by atoms with van der Waals surface area (Å²) in [5.41, 5.74) is 2.47. The third-order valence-corrected chi connectivity index (χ3v) is 7.41. The minimum absolute atomic E-state index is 0.0861. The van der Waals surface area contributed by atoms with Gasteiger partial charge in [-0.25, -0.2) is 4.68 Å². The Hall–Kier alpha value is -3.59. The molecule has 0 saturated heterocycles. The molecule has 1 fully saturated rings. The molecule has 1 saturated carbocycles. The Kier molecular flexibility index (Phi) is 8.12. The van der Waals surface area contributed by atoms with Crippen molar-refractivity contribution in [2.24, 2.45) is 5.92 Å². The molecule has 0 radical (unpaired) electrons. The normalized spacial score (nSPS) is 15.4. The third-order valence-electron chi connectivity index (χ3n) is 7.41. The Morgan fingerprint density at radius 3 is 2.71 bits per heavy atom. The van der Waals surface area contributed by atoms with Crippen molar-refractivity contribution < 1.29 is 4.74 Å². The van der Waals surface area contributed by atoms with Crippen LogP contribution >= 0.6 is 0 Å². The van der Waals surface area contributed by atoms with Gasteiger partial charge in [0.15, 0.2) is 5.82 Å². The van der Waals surface area contributed by atoms with Gasteiger partial charge in [-0.1, -0.05) is 39.2 Å². The van der Waals surface area contributed by atoms with Crippen molar-refractivity contribution in [3.05, 3.63) is 76.1 Å². The van der Waals surface area contributed by atoms with Crippen LogP contribution < -0.4 is 10.3 Å². The second-order valence-corrected chi connectivity index (χ2v) is 10.5. The average molecular weight is 516 g/mol. The lowest BCUT2D eigenvalue weighted by atomic mass is 9.94. The summed E-state index contributed by atoms with van der Waals surface area (Å²) in [6.45, 7) is 8.00. The van der Waals surface area contributed by atoms with Gasteiger partial charge in [0.25, 0.3) is 5.56 Å². The Balaban J connectivity index is 1.54. The summed E-state index contributed by atoms with van der Waals surface area (Å²) in [6.07, 6.45) is 9.52. The lowest BCUT2D eigenvalue weighted by Gasteiger charge is -2.34. The van der Waals surface area contributed by atoms with E-state index in [2.05, 4.69) is 55.0 Å². The summed E-state index contributed by atoms with van der Waals surface area (Å²) in [6, 6.07) is 12.0. The molecule has 1 unspecified atom stereocenters. The number of benzene rings is 1. The Morgan fingerprint density at radius 1 is 1.13 bits per heavy atom. The summed E-state index contributed by atoms with van der Waals surface area (Å²) in [5, 5.41) is 14.1. The molecule has 200 valence electrons. The minimum atomic E-state index is -0.0905. The van der Waals surface area contributed by atoms with Crippen LogP contribution in [0, 0.1) is 5.92 Å². The first-order valence-corrected chi connectivity index (χ1v) is 13.7. The van der Waals surface area contributed by atoms with Crippen molar-refractivity contribution in [3.8, 4) is 5.75 Å². The van der Waals surface area contributed by atoms with Gasteiger partial charge in [0, 0.05) is 41.9 Å². The number of aromatic amines is 1. The second-order valence-electron chi connectivity index (χ2n) is 10.5. The van der Waals surface area contributed by atoms with Crippen LogP contribution in [0.3, 0.4) is 0 Å². The van der Waals surface area contributed by atoms with Crippen molar-refractivity contribution in [1.82, 2.24) is 35.1 Å². The van der Waals surface area contributed by atoms with E-state index in [9.17, 15) is 4.79 Å². The quantitative estimate of drug-likeness (QED) is 0.309. The van der Waals surface area contributed by atoms with E-state index in [0.29, 0.717) is 31.3 Å². The van der Waals surface area contributed by atoms with E-state index in [4.69, 9.17) is 4.74 Å². The molecule has 9 nitrogen and oxygen atoms in total. The van der Waals surface area contributed by atoms with E-state index in [0.717, 1.165) is 40.9 Å². The summed E-state index contributed by atoms with van der Waals surface area (Å²) < 4.78 is 7.75. The summed E-state index contributed by atoms with van der Waals surface area (Å²) in [7, 11) is 0. The van der Waals surface area contributed by atoms with Crippen LogP contribution in [-0.2, 0) is 13.1 Å². The number of hydrogen-bond acceptors (Lipinski definition) is 7. The molecule has 3 aromatic heterocycles. The van der Waals surface area contributed by atoms with E-state index in [-0.39, 0.29) is 17.5 Å². The summed E-state index contributed by atoms with van der Waals surface area (Å²) >= 11 is 0. The molecule has 1 aromatic carbocycles. The molecule has 0 bridgehead atoms. The topological polar surface area (TPSA) is 102 Å². The maximum absolute atomic E-state index is 13.3. The molecule has 1 aliphatic carbocycles. The molecule has 0 amide bonds. The van der Waals surface area contributed by atoms with E-state index < -0.39 is 0 Å². The Morgan fingerprint density at radius 2 is 1.97 bits per heavy atom. The highest BCUT2D eigenvalue weighted by Crippen LogP contribution is 2.34. The van der Waals surface area contributed by atoms with Gasteiger partial charge in [0.1, 0.15) is 5.75 Å². The lowest BCUT2D eigenvalue weighted by molar-refractivity contribution is 0.121. The van der Waals surface area contributed by atoms with Crippen molar-refractivity contribution in [3.63, 3.8) is 0 Å². The van der Waals surface area contributed by atoms with Crippen molar-refractivity contribution in [1.29, 1.82) is 0 Å². The van der Waals surface area contributed by atoms with Gasteiger partial charge < -0.3 is 9.72 Å². The number of pyridine rings is 2. The number of tetrazole rings is 1. The fourth-order valence-electron chi connectivity index (χ4n) is 5.67. The fourth-order valence-corrected chi connectivity index (χ4v) is 5.67. The van der Waals surface area contributed by atoms with Gasteiger partial charge in [-0.3, -0.25) is 14.7 Å². The number of H-pyrrole nitrogens is 1. The second kappa shape index (κ2) is 11.9. The minimum Gasteiger partial charge on any atom is -0.494 e. The average Bonchev–Trinajstić information content (AvgIpc) is 3.40. The largest absolute Gasteiger partial charge is 0.494 e. The molecule has 5 rings (SSSR count). The zero-order chi connectivity index (χ0) is 26.5. The van der Waals surface area contributed by atoms with Gasteiger partial charge >= 0.3 is 0 Å². The molecular weight excluding hydrogens is 478 g/mol. The van der Waals surface area contributed by atoms with Gasteiger partial charge in [-0.15, -0.1) is 5.10 Å².